The van der Waals surface area contributed by atoms with Gasteiger partial charge in [-0.3, -0.25) is 9.69 Å². The first-order valence-electron chi connectivity index (χ1n) is 9.40. The maximum atomic E-state index is 12.9. The van der Waals surface area contributed by atoms with Crippen LogP contribution in [0.1, 0.15) is 24.0 Å². The van der Waals surface area contributed by atoms with Crippen LogP contribution in [0.25, 0.3) is 0 Å². The van der Waals surface area contributed by atoms with Crippen LogP contribution in [0.15, 0.2) is 53.0 Å². The highest BCUT2D eigenvalue weighted by atomic mass is 79.9. The van der Waals surface area contributed by atoms with E-state index in [-0.39, 0.29) is 11.8 Å². The summed E-state index contributed by atoms with van der Waals surface area (Å²) < 4.78 is 6.30. The Morgan fingerprint density at radius 2 is 2.00 bits per heavy atom. The van der Waals surface area contributed by atoms with Gasteiger partial charge >= 0.3 is 0 Å². The van der Waals surface area contributed by atoms with Gasteiger partial charge in [-0.05, 0) is 54.8 Å². The standard InChI is InChI=1S/C22H27BrN2O2/c1-24(14-17-8-10-21(27-2)11-9-17)22(26)19-6-4-12-25(16-19)15-18-5-3-7-20(23)13-18/h3,5,7-11,13,19H,4,6,12,14-16H2,1-2H3. The molecule has 1 heterocycles. The highest BCUT2D eigenvalue weighted by Gasteiger charge is 2.28. The first-order chi connectivity index (χ1) is 13.0. The Balaban J connectivity index is 1.56. The van der Waals surface area contributed by atoms with Crippen molar-refractivity contribution in [2.75, 3.05) is 27.2 Å². The minimum atomic E-state index is 0.0779. The Bertz CT molecular complexity index is 763. The predicted molar refractivity (Wildman–Crippen MR) is 112 cm³/mol. The molecule has 0 radical (unpaired) electrons. The Labute approximate surface area is 170 Å². The van der Waals surface area contributed by atoms with Crippen LogP contribution in [0.4, 0.5) is 0 Å². The zero-order chi connectivity index (χ0) is 19.2. The zero-order valence-electron chi connectivity index (χ0n) is 16.0. The number of halogens is 1. The third kappa shape index (κ3) is 5.56. The smallest absolute Gasteiger partial charge is 0.227 e. The second-order valence-electron chi connectivity index (χ2n) is 7.25. The van der Waals surface area contributed by atoms with Crippen molar-refractivity contribution in [3.05, 3.63) is 64.1 Å². The van der Waals surface area contributed by atoms with Gasteiger partial charge in [0.15, 0.2) is 0 Å². The van der Waals surface area contributed by atoms with E-state index in [1.54, 1.807) is 7.11 Å². The molecule has 1 atom stereocenters. The summed E-state index contributed by atoms with van der Waals surface area (Å²) in [6.45, 7) is 3.41. The quantitative estimate of drug-likeness (QED) is 0.683. The zero-order valence-corrected chi connectivity index (χ0v) is 17.6. The van der Waals surface area contributed by atoms with E-state index in [4.69, 9.17) is 4.74 Å². The summed E-state index contributed by atoms with van der Waals surface area (Å²) in [5, 5.41) is 0. The van der Waals surface area contributed by atoms with Crippen LogP contribution in [0.2, 0.25) is 0 Å². The van der Waals surface area contributed by atoms with Crippen molar-refractivity contribution in [3.8, 4) is 5.75 Å². The number of rotatable bonds is 6. The van der Waals surface area contributed by atoms with E-state index in [9.17, 15) is 4.79 Å². The number of methoxy groups -OCH3 is 1. The highest BCUT2D eigenvalue weighted by molar-refractivity contribution is 9.10. The highest BCUT2D eigenvalue weighted by Crippen LogP contribution is 2.22. The molecule has 1 saturated heterocycles. The van der Waals surface area contributed by atoms with Crippen molar-refractivity contribution in [2.45, 2.75) is 25.9 Å². The van der Waals surface area contributed by atoms with E-state index in [1.807, 2.05) is 42.3 Å². The molecule has 1 fully saturated rings. The average Bonchev–Trinajstić information content (AvgIpc) is 2.68. The largest absolute Gasteiger partial charge is 0.497 e. The van der Waals surface area contributed by atoms with E-state index in [0.29, 0.717) is 6.54 Å². The molecule has 0 saturated carbocycles. The number of hydrogen-bond donors (Lipinski definition) is 0. The molecule has 1 unspecified atom stereocenters. The molecule has 144 valence electrons. The van der Waals surface area contributed by atoms with Crippen LogP contribution in [0.5, 0.6) is 5.75 Å². The first kappa shape index (κ1) is 19.9. The van der Waals surface area contributed by atoms with Crippen molar-refractivity contribution in [1.29, 1.82) is 0 Å². The number of likely N-dealkylation sites (tertiary alicyclic amines) is 1. The number of hydrogen-bond acceptors (Lipinski definition) is 3. The van der Waals surface area contributed by atoms with Gasteiger partial charge in [-0.15, -0.1) is 0 Å². The van der Waals surface area contributed by atoms with Gasteiger partial charge in [0, 0.05) is 31.2 Å². The van der Waals surface area contributed by atoms with Crippen molar-refractivity contribution in [2.24, 2.45) is 5.92 Å². The Hall–Kier alpha value is -1.85. The lowest BCUT2D eigenvalue weighted by Gasteiger charge is -2.34. The minimum Gasteiger partial charge on any atom is -0.497 e. The molecular formula is C22H27BrN2O2. The molecule has 0 aliphatic carbocycles. The molecule has 0 aromatic heterocycles. The molecule has 1 aliphatic heterocycles. The van der Waals surface area contributed by atoms with Crippen LogP contribution in [-0.4, -0.2) is 43.0 Å². The maximum absolute atomic E-state index is 12.9. The van der Waals surface area contributed by atoms with Gasteiger partial charge < -0.3 is 9.64 Å². The van der Waals surface area contributed by atoms with Crippen molar-refractivity contribution in [3.63, 3.8) is 0 Å². The van der Waals surface area contributed by atoms with Gasteiger partial charge in [-0.2, -0.15) is 0 Å². The molecule has 3 rings (SSSR count). The molecule has 27 heavy (non-hydrogen) atoms. The van der Waals surface area contributed by atoms with Gasteiger partial charge in [0.25, 0.3) is 0 Å². The van der Waals surface area contributed by atoms with Crippen LogP contribution < -0.4 is 4.74 Å². The Morgan fingerprint density at radius 3 is 2.70 bits per heavy atom. The fourth-order valence-corrected chi connectivity index (χ4v) is 4.14. The molecule has 0 N–H and O–H groups in total. The van der Waals surface area contributed by atoms with E-state index < -0.39 is 0 Å². The number of benzene rings is 2. The molecule has 0 bridgehead atoms. The van der Waals surface area contributed by atoms with Crippen LogP contribution in [0, 0.1) is 5.92 Å². The van der Waals surface area contributed by atoms with Crippen LogP contribution in [0.3, 0.4) is 0 Å². The van der Waals surface area contributed by atoms with Crippen molar-refractivity contribution < 1.29 is 9.53 Å². The molecule has 1 aliphatic rings. The Kier molecular flexibility index (Phi) is 6.91. The second kappa shape index (κ2) is 9.38. The van der Waals surface area contributed by atoms with Crippen molar-refractivity contribution >= 4 is 21.8 Å². The molecule has 4 nitrogen and oxygen atoms in total. The summed E-state index contributed by atoms with van der Waals surface area (Å²) in [7, 11) is 3.56. The summed E-state index contributed by atoms with van der Waals surface area (Å²) in [5.74, 6) is 1.15. The Morgan fingerprint density at radius 1 is 1.22 bits per heavy atom. The van der Waals surface area contributed by atoms with E-state index in [0.717, 1.165) is 48.3 Å². The maximum Gasteiger partial charge on any atom is 0.227 e. The molecule has 2 aromatic rings. The fourth-order valence-electron chi connectivity index (χ4n) is 3.69. The molecule has 1 amide bonds. The van der Waals surface area contributed by atoms with Gasteiger partial charge in [-0.25, -0.2) is 0 Å². The first-order valence-corrected chi connectivity index (χ1v) is 10.2. The van der Waals surface area contributed by atoms with Gasteiger partial charge in [0.1, 0.15) is 5.75 Å². The number of carbonyl (C=O) groups excluding carboxylic acids is 1. The summed E-state index contributed by atoms with van der Waals surface area (Å²) in [4.78, 5) is 17.2. The second-order valence-corrected chi connectivity index (χ2v) is 8.16. The number of carbonyl (C=O) groups is 1. The average molecular weight is 431 g/mol. The molecule has 5 heteroatoms. The molecule has 0 spiro atoms. The van der Waals surface area contributed by atoms with E-state index in [2.05, 4.69) is 39.0 Å². The van der Waals surface area contributed by atoms with E-state index >= 15 is 0 Å². The van der Waals surface area contributed by atoms with Gasteiger partial charge in [-0.1, -0.05) is 40.2 Å². The summed E-state index contributed by atoms with van der Waals surface area (Å²) in [6, 6.07) is 16.3. The molecular weight excluding hydrogens is 404 g/mol. The third-order valence-corrected chi connectivity index (χ3v) is 5.60. The minimum absolute atomic E-state index is 0.0779. The molecule has 2 aromatic carbocycles. The monoisotopic (exact) mass is 430 g/mol. The number of amides is 1. The van der Waals surface area contributed by atoms with Crippen LogP contribution >= 0.6 is 15.9 Å². The third-order valence-electron chi connectivity index (χ3n) is 5.10. The summed E-state index contributed by atoms with van der Waals surface area (Å²) in [5.41, 5.74) is 2.40. The van der Waals surface area contributed by atoms with Crippen LogP contribution in [-0.2, 0) is 17.9 Å². The van der Waals surface area contributed by atoms with Gasteiger partial charge in [0.2, 0.25) is 5.91 Å². The normalized spacial score (nSPS) is 17.5. The number of ether oxygens (including phenoxy) is 1. The summed E-state index contributed by atoms with van der Waals surface area (Å²) in [6.07, 6.45) is 2.04. The number of piperidine rings is 1. The fraction of sp³-hybridized carbons (Fsp3) is 0.409. The van der Waals surface area contributed by atoms with Gasteiger partial charge in [0.05, 0.1) is 13.0 Å². The lowest BCUT2D eigenvalue weighted by Crippen LogP contribution is -2.43. The topological polar surface area (TPSA) is 32.8 Å². The number of nitrogens with zero attached hydrogens (tertiary/aromatic N) is 2. The predicted octanol–water partition coefficient (Wildman–Crippen LogP) is 4.33. The SMILES string of the molecule is COc1ccc(CN(C)C(=O)C2CCCN(Cc3cccc(Br)c3)C2)cc1. The lowest BCUT2D eigenvalue weighted by atomic mass is 9.96. The van der Waals surface area contributed by atoms with E-state index in [1.165, 1.54) is 5.56 Å². The summed E-state index contributed by atoms with van der Waals surface area (Å²) >= 11 is 3.53. The lowest BCUT2D eigenvalue weighted by molar-refractivity contribution is -0.136. The van der Waals surface area contributed by atoms with Crippen molar-refractivity contribution in [1.82, 2.24) is 9.80 Å².